The quantitative estimate of drug-likeness (QED) is 0.336. The van der Waals surface area contributed by atoms with Gasteiger partial charge in [0.1, 0.15) is 17.2 Å². The summed E-state index contributed by atoms with van der Waals surface area (Å²) in [6, 6.07) is 16.2. The minimum absolute atomic E-state index is 0.123. The Hall–Kier alpha value is -4.26. The summed E-state index contributed by atoms with van der Waals surface area (Å²) in [5, 5.41) is 0. The van der Waals surface area contributed by atoms with E-state index in [1.165, 1.54) is 0 Å². The summed E-state index contributed by atoms with van der Waals surface area (Å²) in [5.41, 5.74) is 2.78. The molecule has 0 N–H and O–H groups in total. The molecule has 0 fully saturated rings. The average molecular weight is 442 g/mol. The number of ether oxygens (including phenoxy) is 5. The number of carbonyl (C=O) groups excluding carboxylic acids is 2. The number of hydrogen-bond donors (Lipinski definition) is 0. The number of hydrogen-bond acceptors (Lipinski definition) is 7. The lowest BCUT2D eigenvalue weighted by Gasteiger charge is -2.26. The van der Waals surface area contributed by atoms with E-state index in [0.29, 0.717) is 34.1 Å². The zero-order valence-electron chi connectivity index (χ0n) is 17.6. The first-order chi connectivity index (χ1) is 16.1. The SMILES string of the molecule is COc1ccc(/C=C2\Oc3c(ccc4c3[C@H](c3ccc5c(c3)OCO5)CC(=O)O4)C2=O)cc1. The standard InChI is InChI=1S/C26H18O7/c1-29-16-5-2-14(3-6-16)10-22-25(28)17-7-9-20-24(26(17)33-22)18(12-23(27)32-20)15-4-8-19-21(11-15)31-13-30-19/h2-11,18H,12-13H2,1H3/b22-10-/t18-/m0/s1. The van der Waals surface area contributed by atoms with E-state index in [4.69, 9.17) is 23.7 Å². The van der Waals surface area contributed by atoms with Gasteiger partial charge in [-0.25, -0.2) is 0 Å². The highest BCUT2D eigenvalue weighted by Gasteiger charge is 2.38. The van der Waals surface area contributed by atoms with E-state index in [1.54, 1.807) is 25.3 Å². The highest BCUT2D eigenvalue weighted by atomic mass is 16.7. The van der Waals surface area contributed by atoms with Crippen LogP contribution in [0.3, 0.4) is 0 Å². The van der Waals surface area contributed by atoms with Crippen molar-refractivity contribution in [3.8, 4) is 28.7 Å². The van der Waals surface area contributed by atoms with Crippen molar-refractivity contribution in [1.29, 1.82) is 0 Å². The van der Waals surface area contributed by atoms with Gasteiger partial charge in [-0.1, -0.05) is 18.2 Å². The molecule has 0 aromatic heterocycles. The van der Waals surface area contributed by atoms with Gasteiger partial charge in [0.2, 0.25) is 12.6 Å². The Kier molecular flexibility index (Phi) is 4.36. The van der Waals surface area contributed by atoms with Gasteiger partial charge in [0.15, 0.2) is 17.3 Å². The molecule has 0 unspecified atom stereocenters. The van der Waals surface area contributed by atoms with Crippen LogP contribution in [0.2, 0.25) is 0 Å². The largest absolute Gasteiger partial charge is 0.497 e. The average Bonchev–Trinajstić information content (AvgIpc) is 3.43. The maximum Gasteiger partial charge on any atom is 0.312 e. The molecule has 3 aromatic rings. The van der Waals surface area contributed by atoms with Crippen molar-refractivity contribution in [2.24, 2.45) is 0 Å². The third-order valence-corrected chi connectivity index (χ3v) is 5.99. The van der Waals surface area contributed by atoms with Crippen LogP contribution in [0.1, 0.15) is 39.4 Å². The van der Waals surface area contributed by atoms with Crippen molar-refractivity contribution in [3.05, 3.63) is 82.6 Å². The van der Waals surface area contributed by atoms with E-state index in [9.17, 15) is 9.59 Å². The lowest BCUT2D eigenvalue weighted by molar-refractivity contribution is -0.135. The Morgan fingerprint density at radius 1 is 0.909 bits per heavy atom. The first-order valence-electron chi connectivity index (χ1n) is 10.5. The molecule has 0 radical (unpaired) electrons. The molecule has 7 heteroatoms. The fourth-order valence-electron chi connectivity index (χ4n) is 4.37. The predicted molar refractivity (Wildman–Crippen MR) is 117 cm³/mol. The van der Waals surface area contributed by atoms with Crippen molar-refractivity contribution in [2.75, 3.05) is 13.9 Å². The van der Waals surface area contributed by atoms with E-state index in [2.05, 4.69) is 0 Å². The second kappa shape index (κ2) is 7.41. The van der Waals surface area contributed by atoms with Crippen molar-refractivity contribution in [3.63, 3.8) is 0 Å². The zero-order valence-corrected chi connectivity index (χ0v) is 17.6. The van der Waals surface area contributed by atoms with Gasteiger partial charge >= 0.3 is 5.97 Å². The third kappa shape index (κ3) is 3.20. The van der Waals surface area contributed by atoms with Crippen LogP contribution < -0.4 is 23.7 Å². The second-order valence-corrected chi connectivity index (χ2v) is 7.91. The van der Waals surface area contributed by atoms with Crippen molar-refractivity contribution < 1.29 is 33.3 Å². The third-order valence-electron chi connectivity index (χ3n) is 5.99. The molecule has 0 saturated heterocycles. The molecule has 0 bridgehead atoms. The molecule has 1 atom stereocenters. The molecule has 3 aliphatic heterocycles. The number of benzene rings is 3. The fraction of sp³-hybridized carbons (Fsp3) is 0.154. The fourth-order valence-corrected chi connectivity index (χ4v) is 4.37. The summed E-state index contributed by atoms with van der Waals surface area (Å²) >= 11 is 0. The number of fused-ring (bicyclic) bond motifs is 4. The van der Waals surface area contributed by atoms with E-state index >= 15 is 0 Å². The first kappa shape index (κ1) is 19.4. The molecule has 164 valence electrons. The van der Waals surface area contributed by atoms with Gasteiger partial charge in [-0.2, -0.15) is 0 Å². The number of methoxy groups -OCH3 is 1. The maximum absolute atomic E-state index is 13.1. The molecule has 0 saturated carbocycles. The Balaban J connectivity index is 1.42. The molecule has 0 spiro atoms. The number of rotatable bonds is 3. The Morgan fingerprint density at radius 2 is 1.70 bits per heavy atom. The van der Waals surface area contributed by atoms with Crippen LogP contribution in [-0.4, -0.2) is 25.7 Å². The molecular weight excluding hydrogens is 424 g/mol. The summed E-state index contributed by atoms with van der Waals surface area (Å²) in [5.74, 6) is 2.13. The lowest BCUT2D eigenvalue weighted by atomic mass is 9.84. The number of ketones is 1. The van der Waals surface area contributed by atoms with Crippen LogP contribution in [0.4, 0.5) is 0 Å². The van der Waals surface area contributed by atoms with Crippen LogP contribution in [0.15, 0.2) is 60.4 Å². The Morgan fingerprint density at radius 3 is 2.52 bits per heavy atom. The highest BCUT2D eigenvalue weighted by Crippen LogP contribution is 2.50. The second-order valence-electron chi connectivity index (χ2n) is 7.91. The van der Waals surface area contributed by atoms with Crippen LogP contribution in [0.25, 0.3) is 6.08 Å². The molecule has 0 aliphatic carbocycles. The maximum atomic E-state index is 13.1. The van der Waals surface area contributed by atoms with Crippen LogP contribution in [0, 0.1) is 0 Å². The molecule has 0 amide bonds. The molecule has 3 heterocycles. The Labute approximate surface area is 189 Å². The summed E-state index contributed by atoms with van der Waals surface area (Å²) < 4.78 is 27.7. The minimum atomic E-state index is -0.348. The molecule has 6 rings (SSSR count). The van der Waals surface area contributed by atoms with Crippen LogP contribution in [-0.2, 0) is 4.79 Å². The topological polar surface area (TPSA) is 80.3 Å². The summed E-state index contributed by atoms with van der Waals surface area (Å²) in [6.07, 6.45) is 1.82. The van der Waals surface area contributed by atoms with Crippen molar-refractivity contribution in [1.82, 2.24) is 0 Å². The first-order valence-corrected chi connectivity index (χ1v) is 10.5. The van der Waals surface area contributed by atoms with E-state index in [0.717, 1.165) is 16.9 Å². The lowest BCUT2D eigenvalue weighted by Crippen LogP contribution is -2.21. The van der Waals surface area contributed by atoms with Gasteiger partial charge in [0.05, 0.1) is 19.1 Å². The van der Waals surface area contributed by atoms with E-state index < -0.39 is 0 Å². The molecule has 33 heavy (non-hydrogen) atoms. The highest BCUT2D eigenvalue weighted by molar-refractivity contribution is 6.15. The molecule has 7 nitrogen and oxygen atoms in total. The van der Waals surface area contributed by atoms with Crippen molar-refractivity contribution in [2.45, 2.75) is 12.3 Å². The van der Waals surface area contributed by atoms with Gasteiger partial charge in [-0.05, 0) is 53.6 Å². The molecule has 3 aromatic carbocycles. The van der Waals surface area contributed by atoms with Gasteiger partial charge in [-0.3, -0.25) is 9.59 Å². The number of allylic oxidation sites excluding steroid dienone is 1. The number of carbonyl (C=O) groups is 2. The molecular formula is C26H18O7. The summed E-state index contributed by atoms with van der Waals surface area (Å²) in [7, 11) is 1.60. The summed E-state index contributed by atoms with van der Waals surface area (Å²) in [6.45, 7) is 0.161. The number of Topliss-reactive ketones (excluding diaryl/α,β-unsaturated/α-hetero) is 1. The van der Waals surface area contributed by atoms with E-state index in [-0.39, 0.29) is 36.6 Å². The van der Waals surface area contributed by atoms with Crippen molar-refractivity contribution >= 4 is 17.8 Å². The minimum Gasteiger partial charge on any atom is -0.497 e. The van der Waals surface area contributed by atoms with Gasteiger partial charge in [-0.15, -0.1) is 0 Å². The van der Waals surface area contributed by atoms with Gasteiger partial charge in [0.25, 0.3) is 0 Å². The Bertz CT molecular complexity index is 1340. The molecule has 3 aliphatic rings. The van der Waals surface area contributed by atoms with Gasteiger partial charge in [0, 0.05) is 11.5 Å². The van der Waals surface area contributed by atoms with Crippen LogP contribution in [0.5, 0.6) is 28.7 Å². The number of esters is 1. The normalized spacial score (nSPS) is 19.1. The van der Waals surface area contributed by atoms with Crippen LogP contribution >= 0.6 is 0 Å². The summed E-state index contributed by atoms with van der Waals surface area (Å²) in [4.78, 5) is 25.5. The zero-order chi connectivity index (χ0) is 22.5. The van der Waals surface area contributed by atoms with E-state index in [1.807, 2.05) is 42.5 Å². The smallest absolute Gasteiger partial charge is 0.312 e. The monoisotopic (exact) mass is 442 g/mol. The van der Waals surface area contributed by atoms with Gasteiger partial charge < -0.3 is 23.7 Å². The predicted octanol–water partition coefficient (Wildman–Crippen LogP) is 4.48.